The van der Waals surface area contributed by atoms with Gasteiger partial charge in [0.1, 0.15) is 22.9 Å². The van der Waals surface area contributed by atoms with Gasteiger partial charge < -0.3 is 23.8 Å². The molecule has 2 amide bonds. The van der Waals surface area contributed by atoms with E-state index in [1.165, 1.54) is 33.5 Å². The van der Waals surface area contributed by atoms with E-state index in [9.17, 15) is 14.4 Å². The molecule has 1 aromatic carbocycles. The lowest BCUT2D eigenvalue weighted by molar-refractivity contribution is -0.142. The smallest absolute Gasteiger partial charge is 0.323 e. The van der Waals surface area contributed by atoms with Crippen LogP contribution in [0.1, 0.15) is 6.92 Å². The highest BCUT2D eigenvalue weighted by Gasteiger charge is 2.23. The van der Waals surface area contributed by atoms with Gasteiger partial charge in [-0.15, -0.1) is 0 Å². The van der Waals surface area contributed by atoms with Crippen molar-refractivity contribution >= 4 is 54.3 Å². The molecule has 0 saturated heterocycles. The Morgan fingerprint density at radius 2 is 1.94 bits per heavy atom. The molecule has 0 saturated carbocycles. The van der Waals surface area contributed by atoms with Crippen LogP contribution in [0.5, 0.6) is 5.75 Å². The quantitative estimate of drug-likeness (QED) is 0.153. The molecule has 0 aliphatic carbocycles. The van der Waals surface area contributed by atoms with E-state index < -0.39 is 32.5 Å². The van der Waals surface area contributed by atoms with Crippen molar-refractivity contribution in [3.8, 4) is 5.75 Å². The largest absolute Gasteiger partial charge is 0.468 e. The fourth-order valence-corrected chi connectivity index (χ4v) is 3.69. The Labute approximate surface area is 207 Å². The van der Waals surface area contributed by atoms with Gasteiger partial charge in [0, 0.05) is 31.0 Å². The molecule has 13 heteroatoms. The number of halogens is 2. The van der Waals surface area contributed by atoms with E-state index in [-0.39, 0.29) is 11.6 Å². The number of rotatable bonds is 14. The van der Waals surface area contributed by atoms with Crippen molar-refractivity contribution in [1.29, 1.82) is 0 Å². The lowest BCUT2D eigenvalue weighted by Crippen LogP contribution is -2.33. The summed E-state index contributed by atoms with van der Waals surface area (Å²) >= 11 is 9.18. The van der Waals surface area contributed by atoms with Crippen molar-refractivity contribution in [3.63, 3.8) is 0 Å². The van der Waals surface area contributed by atoms with Gasteiger partial charge in [0.25, 0.3) is 5.91 Å². The minimum Gasteiger partial charge on any atom is -0.468 e. The Bertz CT molecular complexity index is 841. The topological polar surface area (TPSA) is 115 Å². The van der Waals surface area contributed by atoms with Crippen molar-refractivity contribution in [1.82, 2.24) is 15.3 Å². The highest BCUT2D eigenvalue weighted by molar-refractivity contribution is 9.10. The first-order valence-corrected chi connectivity index (χ1v) is 11.8. The Morgan fingerprint density at radius 3 is 2.48 bits per heavy atom. The molecular weight excluding hydrogens is 541 g/mol. The summed E-state index contributed by atoms with van der Waals surface area (Å²) in [7, 11) is 2.40. The van der Waals surface area contributed by atoms with Gasteiger partial charge >= 0.3 is 14.5 Å². The first kappa shape index (κ1) is 29.0. The number of hydrogen-bond donors (Lipinski definition) is 2. The van der Waals surface area contributed by atoms with E-state index in [2.05, 4.69) is 26.3 Å². The molecule has 0 heterocycles. The molecule has 3 unspecified atom stereocenters. The Hall–Kier alpha value is -2.01. The predicted molar refractivity (Wildman–Crippen MR) is 128 cm³/mol. The zero-order chi connectivity index (χ0) is 24.8. The number of likely N-dealkylation sites (N-methyl/N-ethyl adjacent to an activating group) is 1. The van der Waals surface area contributed by atoms with Crippen molar-refractivity contribution in [2.24, 2.45) is 0 Å². The summed E-state index contributed by atoms with van der Waals surface area (Å²) in [4.78, 5) is 35.6. The molecule has 2 N–H and O–H groups in total. The zero-order valence-corrected chi connectivity index (χ0v) is 21.7. The summed E-state index contributed by atoms with van der Waals surface area (Å²) in [6.07, 6.45) is 3.95. The van der Waals surface area contributed by atoms with Gasteiger partial charge in [-0.3, -0.25) is 19.3 Å². The van der Waals surface area contributed by atoms with Crippen molar-refractivity contribution in [3.05, 3.63) is 52.2 Å². The number of nitrogens with zero attached hydrogens (tertiary/aromatic N) is 1. The molecule has 1 rings (SSSR count). The minimum atomic E-state index is -1.77. The molecule has 33 heavy (non-hydrogen) atoms. The zero-order valence-electron chi connectivity index (χ0n) is 18.5. The van der Waals surface area contributed by atoms with E-state index >= 15 is 0 Å². The monoisotopic (exact) mass is 565 g/mol. The van der Waals surface area contributed by atoms with Gasteiger partial charge in [-0.2, -0.15) is 0 Å². The van der Waals surface area contributed by atoms with E-state index in [1.807, 2.05) is 0 Å². The van der Waals surface area contributed by atoms with Crippen LogP contribution >= 0.6 is 36.1 Å². The number of nitrogens with one attached hydrogen (secondary N) is 2. The third kappa shape index (κ3) is 11.1. The first-order chi connectivity index (χ1) is 15.7. The second-order valence-electron chi connectivity index (χ2n) is 6.20. The molecule has 3 atom stereocenters. The maximum atomic E-state index is 11.8. The summed E-state index contributed by atoms with van der Waals surface area (Å²) in [5.74, 6) is -0.486. The standard InChI is InChI=1S/C20H26BrClN3O7P/c1-14(20(28)30-4)24-33(32-16-7-5-15(21)6-8-16)31-12-17(29-3)9-10-25(13-26)11-18(22)19(27)23-2/h5-11,13-14,17,24H,12H2,1-4H3,(H,23,27)/b10-9-,18-11+. The van der Waals surface area contributed by atoms with Crippen LogP contribution in [0.15, 0.2) is 52.2 Å². The molecular formula is C20H26BrClN3O7P. The van der Waals surface area contributed by atoms with E-state index in [4.69, 9.17) is 30.1 Å². The minimum absolute atomic E-state index is 0.0235. The number of hydrogen-bond acceptors (Lipinski definition) is 8. The molecule has 182 valence electrons. The van der Waals surface area contributed by atoms with Crippen LogP contribution in [-0.4, -0.2) is 63.2 Å². The molecule has 0 aliphatic heterocycles. The molecule has 0 radical (unpaired) electrons. The molecule has 0 fully saturated rings. The van der Waals surface area contributed by atoms with Crippen LogP contribution < -0.4 is 14.9 Å². The predicted octanol–water partition coefficient (Wildman–Crippen LogP) is 3.04. The van der Waals surface area contributed by atoms with Crippen LogP contribution in [0.2, 0.25) is 0 Å². The van der Waals surface area contributed by atoms with Crippen LogP contribution in [0.4, 0.5) is 0 Å². The second kappa shape index (κ2) is 15.8. The van der Waals surface area contributed by atoms with Gasteiger partial charge in [0.05, 0.1) is 13.7 Å². The Kier molecular flexibility index (Phi) is 13.9. The fraction of sp³-hybridized carbons (Fsp3) is 0.350. The summed E-state index contributed by atoms with van der Waals surface area (Å²) in [6, 6.07) is 6.41. The highest BCUT2D eigenvalue weighted by atomic mass is 79.9. The maximum absolute atomic E-state index is 11.8. The lowest BCUT2D eigenvalue weighted by atomic mass is 10.3. The number of methoxy groups -OCH3 is 2. The number of esters is 1. The van der Waals surface area contributed by atoms with Crippen LogP contribution in [0.25, 0.3) is 0 Å². The maximum Gasteiger partial charge on any atom is 0.323 e. The molecule has 10 nitrogen and oxygen atoms in total. The van der Waals surface area contributed by atoms with E-state index in [1.54, 1.807) is 31.2 Å². The summed E-state index contributed by atoms with van der Waals surface area (Å²) in [5.41, 5.74) is 0. The summed E-state index contributed by atoms with van der Waals surface area (Å²) in [5, 5.41) is 5.12. The Balaban J connectivity index is 2.86. The van der Waals surface area contributed by atoms with Crippen LogP contribution in [0, 0.1) is 0 Å². The number of benzene rings is 1. The number of carbonyl (C=O) groups is 3. The Morgan fingerprint density at radius 1 is 1.27 bits per heavy atom. The van der Waals surface area contributed by atoms with E-state index in [0.717, 1.165) is 15.6 Å². The number of ether oxygens (including phenoxy) is 2. The average Bonchev–Trinajstić information content (AvgIpc) is 2.82. The van der Waals surface area contributed by atoms with Crippen LogP contribution in [-0.2, 0) is 28.4 Å². The van der Waals surface area contributed by atoms with Gasteiger partial charge in [0.2, 0.25) is 6.41 Å². The van der Waals surface area contributed by atoms with E-state index in [0.29, 0.717) is 12.2 Å². The van der Waals surface area contributed by atoms with Crippen molar-refractivity contribution in [2.45, 2.75) is 19.1 Å². The van der Waals surface area contributed by atoms with Gasteiger partial charge in [-0.05, 0) is 37.3 Å². The third-order valence-corrected chi connectivity index (χ3v) is 5.97. The van der Waals surface area contributed by atoms with Crippen molar-refractivity contribution < 1.29 is 32.9 Å². The fourth-order valence-electron chi connectivity index (χ4n) is 2.02. The van der Waals surface area contributed by atoms with Crippen molar-refractivity contribution in [2.75, 3.05) is 27.9 Å². The molecule has 0 aromatic heterocycles. The molecule has 1 aromatic rings. The summed E-state index contributed by atoms with van der Waals surface area (Å²) in [6.45, 7) is 1.64. The number of carbonyl (C=O) groups excluding carboxylic acids is 3. The molecule has 0 aliphatic rings. The third-order valence-electron chi connectivity index (χ3n) is 3.82. The normalized spacial score (nSPS) is 14.3. The first-order valence-electron chi connectivity index (χ1n) is 9.47. The SMILES string of the molecule is CNC(=O)/C(Cl)=C\N(C=O)/C=C\C(COP(NC(C)C(=O)OC)Oc1ccc(Br)cc1)OC. The van der Waals surface area contributed by atoms with Gasteiger partial charge in [-0.25, -0.2) is 5.09 Å². The second-order valence-corrected chi connectivity index (χ2v) is 8.73. The number of amides is 2. The average molecular weight is 567 g/mol. The summed E-state index contributed by atoms with van der Waals surface area (Å²) < 4.78 is 22.6. The van der Waals surface area contributed by atoms with Crippen LogP contribution in [0.3, 0.4) is 0 Å². The van der Waals surface area contributed by atoms with Gasteiger partial charge in [0.15, 0.2) is 0 Å². The lowest BCUT2D eigenvalue weighted by Gasteiger charge is -2.23. The van der Waals surface area contributed by atoms with Gasteiger partial charge in [-0.1, -0.05) is 27.5 Å². The highest BCUT2D eigenvalue weighted by Crippen LogP contribution is 2.37. The molecule has 0 spiro atoms. The molecule has 0 bridgehead atoms.